The van der Waals surface area contributed by atoms with Crippen LogP contribution in [0, 0.1) is 22.7 Å². The van der Waals surface area contributed by atoms with Crippen molar-refractivity contribution in [2.24, 2.45) is 0 Å². The molecule has 29 heavy (non-hydrogen) atoms. The Morgan fingerprint density at radius 2 is 1.31 bits per heavy atom. The molecule has 0 saturated carbocycles. The monoisotopic (exact) mass is 421 g/mol. The molecule has 0 aliphatic heterocycles. The number of anilines is 1. The molecule has 142 valence electrons. The molecule has 3 aromatic rings. The molecule has 0 saturated heterocycles. The zero-order valence-electron chi connectivity index (χ0n) is 15.2. The van der Waals surface area contributed by atoms with Crippen molar-refractivity contribution in [2.45, 2.75) is 0 Å². The van der Waals surface area contributed by atoms with Gasteiger partial charge < -0.3 is 10.5 Å². The van der Waals surface area contributed by atoms with Gasteiger partial charge in [0.1, 0.15) is 12.1 Å². The fourth-order valence-corrected chi connectivity index (χ4v) is 3.37. The van der Waals surface area contributed by atoms with Crippen LogP contribution in [0.3, 0.4) is 0 Å². The lowest BCUT2D eigenvalue weighted by Crippen LogP contribution is -2.12. The summed E-state index contributed by atoms with van der Waals surface area (Å²) in [6.07, 6.45) is 0. The fraction of sp³-hybridized carbons (Fsp3) is 0.0455. The summed E-state index contributed by atoms with van der Waals surface area (Å²) in [7, 11) is 1.21. The number of benzene rings is 3. The fourth-order valence-electron chi connectivity index (χ4n) is 3.12. The molecular formula is C22H13Cl2N3O2. The Balaban J connectivity index is 2.58. The minimum absolute atomic E-state index is 0.0150. The molecule has 0 unspecified atom stereocenters. The van der Waals surface area contributed by atoms with Crippen LogP contribution in [0.15, 0.2) is 48.5 Å². The maximum absolute atomic E-state index is 12.7. The van der Waals surface area contributed by atoms with Crippen molar-refractivity contribution >= 4 is 34.9 Å². The first kappa shape index (κ1) is 20.2. The Hall–Kier alpha value is -3.51. The largest absolute Gasteiger partial charge is 0.465 e. The van der Waals surface area contributed by atoms with Gasteiger partial charge in [-0.05, 0) is 35.4 Å². The van der Waals surface area contributed by atoms with Gasteiger partial charge in [-0.15, -0.1) is 0 Å². The van der Waals surface area contributed by atoms with Crippen molar-refractivity contribution in [1.29, 1.82) is 10.5 Å². The molecule has 0 radical (unpaired) electrons. The zero-order valence-corrected chi connectivity index (χ0v) is 16.7. The van der Waals surface area contributed by atoms with Gasteiger partial charge in [-0.2, -0.15) is 10.5 Å². The lowest BCUT2D eigenvalue weighted by Gasteiger charge is -2.19. The van der Waals surface area contributed by atoms with Crippen molar-refractivity contribution in [3.63, 3.8) is 0 Å². The van der Waals surface area contributed by atoms with Gasteiger partial charge >= 0.3 is 5.97 Å². The summed E-state index contributed by atoms with van der Waals surface area (Å²) >= 11 is 12.0. The van der Waals surface area contributed by atoms with E-state index in [1.54, 1.807) is 48.5 Å². The van der Waals surface area contributed by atoms with Crippen molar-refractivity contribution in [1.82, 2.24) is 0 Å². The van der Waals surface area contributed by atoms with E-state index in [9.17, 15) is 15.3 Å². The topological polar surface area (TPSA) is 99.9 Å². The molecule has 0 aliphatic carbocycles. The second kappa shape index (κ2) is 8.24. The Morgan fingerprint density at radius 1 is 0.862 bits per heavy atom. The number of nitrogen functional groups attached to an aromatic ring is 1. The molecular weight excluding hydrogens is 409 g/mol. The van der Waals surface area contributed by atoms with E-state index in [0.29, 0.717) is 32.3 Å². The molecule has 0 spiro atoms. The first-order valence-electron chi connectivity index (χ1n) is 8.32. The number of nitriles is 2. The van der Waals surface area contributed by atoms with E-state index in [0.717, 1.165) is 0 Å². The number of nitrogens with zero attached hydrogens (tertiary/aromatic N) is 2. The second-order valence-corrected chi connectivity index (χ2v) is 6.89. The molecule has 0 aromatic heterocycles. The normalized spacial score (nSPS) is 10.1. The van der Waals surface area contributed by atoms with Gasteiger partial charge in [0.15, 0.2) is 0 Å². The number of hydrogen-bond acceptors (Lipinski definition) is 5. The van der Waals surface area contributed by atoms with Gasteiger partial charge in [0.2, 0.25) is 0 Å². The lowest BCUT2D eigenvalue weighted by atomic mass is 9.83. The highest BCUT2D eigenvalue weighted by molar-refractivity contribution is 6.31. The highest BCUT2D eigenvalue weighted by Crippen LogP contribution is 2.43. The summed E-state index contributed by atoms with van der Waals surface area (Å²) in [5.41, 5.74) is 7.96. The van der Waals surface area contributed by atoms with E-state index >= 15 is 0 Å². The molecule has 3 rings (SSSR count). The van der Waals surface area contributed by atoms with E-state index in [1.165, 1.54) is 7.11 Å². The van der Waals surface area contributed by atoms with Crippen molar-refractivity contribution < 1.29 is 9.53 Å². The predicted octanol–water partition coefficient (Wildman–Crippen LogP) is 5.44. The summed E-state index contributed by atoms with van der Waals surface area (Å²) in [4.78, 5) is 12.7. The van der Waals surface area contributed by atoms with E-state index in [1.807, 2.05) is 6.07 Å². The Bertz CT molecular complexity index is 1190. The number of methoxy groups -OCH3 is 1. The van der Waals surface area contributed by atoms with Gasteiger partial charge in [0.25, 0.3) is 0 Å². The third kappa shape index (κ3) is 3.62. The summed E-state index contributed by atoms with van der Waals surface area (Å²) in [6, 6.07) is 17.5. The van der Waals surface area contributed by atoms with Gasteiger partial charge in [-0.1, -0.05) is 47.5 Å². The third-order valence-electron chi connectivity index (χ3n) is 4.42. The third-order valence-corrected chi connectivity index (χ3v) is 4.92. The van der Waals surface area contributed by atoms with Crippen LogP contribution < -0.4 is 5.73 Å². The van der Waals surface area contributed by atoms with Crippen LogP contribution in [0.5, 0.6) is 0 Å². The number of carbonyl (C=O) groups is 1. The van der Waals surface area contributed by atoms with Crippen LogP contribution in [-0.2, 0) is 4.74 Å². The quantitative estimate of drug-likeness (QED) is 0.448. The predicted molar refractivity (Wildman–Crippen MR) is 113 cm³/mol. The van der Waals surface area contributed by atoms with E-state index in [4.69, 9.17) is 33.7 Å². The second-order valence-electron chi connectivity index (χ2n) is 6.02. The van der Waals surface area contributed by atoms with Gasteiger partial charge in [0.05, 0.1) is 29.5 Å². The number of rotatable bonds is 3. The Morgan fingerprint density at radius 3 is 1.72 bits per heavy atom. The minimum Gasteiger partial charge on any atom is -0.465 e. The van der Waals surface area contributed by atoms with E-state index in [-0.39, 0.29) is 22.4 Å². The van der Waals surface area contributed by atoms with Gasteiger partial charge in [0, 0.05) is 21.2 Å². The summed E-state index contributed by atoms with van der Waals surface area (Å²) in [5, 5.41) is 20.5. The van der Waals surface area contributed by atoms with Gasteiger partial charge in [-0.25, -0.2) is 4.79 Å². The van der Waals surface area contributed by atoms with Crippen LogP contribution >= 0.6 is 23.2 Å². The molecule has 2 N–H and O–H groups in total. The van der Waals surface area contributed by atoms with Gasteiger partial charge in [-0.3, -0.25) is 0 Å². The number of halogens is 2. The maximum atomic E-state index is 12.7. The summed E-state index contributed by atoms with van der Waals surface area (Å²) in [5.74, 6) is -0.738. The van der Waals surface area contributed by atoms with Crippen LogP contribution in [0.2, 0.25) is 10.0 Å². The summed E-state index contributed by atoms with van der Waals surface area (Å²) < 4.78 is 4.93. The van der Waals surface area contributed by atoms with Crippen molar-refractivity contribution in [2.75, 3.05) is 12.8 Å². The molecule has 3 aromatic carbocycles. The standard InChI is InChI=1S/C22H13Cl2N3O2/c1-29-22(28)20-17(11-26)21(27)16(10-25)18(12-2-6-14(23)7-3-12)19(20)13-4-8-15(24)9-5-13/h2-9H,27H2,1H3. The first-order valence-corrected chi connectivity index (χ1v) is 9.08. The van der Waals surface area contributed by atoms with E-state index in [2.05, 4.69) is 6.07 Å². The highest BCUT2D eigenvalue weighted by Gasteiger charge is 2.29. The van der Waals surface area contributed by atoms with E-state index < -0.39 is 5.97 Å². The van der Waals surface area contributed by atoms with Crippen LogP contribution in [-0.4, -0.2) is 13.1 Å². The molecule has 0 bridgehead atoms. The average molecular weight is 422 g/mol. The Kier molecular flexibility index (Phi) is 5.75. The zero-order chi connectivity index (χ0) is 21.1. The average Bonchev–Trinajstić information content (AvgIpc) is 2.73. The van der Waals surface area contributed by atoms with Crippen LogP contribution in [0.4, 0.5) is 5.69 Å². The van der Waals surface area contributed by atoms with Crippen molar-refractivity contribution in [3.05, 3.63) is 75.3 Å². The molecule has 0 amide bonds. The number of ether oxygens (including phenoxy) is 1. The van der Waals surface area contributed by atoms with Crippen LogP contribution in [0.1, 0.15) is 21.5 Å². The molecule has 0 atom stereocenters. The number of hydrogen-bond donors (Lipinski definition) is 1. The number of esters is 1. The minimum atomic E-state index is -0.738. The molecule has 7 heteroatoms. The highest BCUT2D eigenvalue weighted by atomic mass is 35.5. The summed E-state index contributed by atoms with van der Waals surface area (Å²) in [6.45, 7) is 0. The molecule has 0 fully saturated rings. The SMILES string of the molecule is COC(=O)c1c(C#N)c(N)c(C#N)c(-c2ccc(Cl)cc2)c1-c1ccc(Cl)cc1. The maximum Gasteiger partial charge on any atom is 0.339 e. The van der Waals surface area contributed by atoms with Crippen LogP contribution in [0.25, 0.3) is 22.3 Å². The lowest BCUT2D eigenvalue weighted by molar-refractivity contribution is 0.0601. The Labute approximate surface area is 177 Å². The smallest absolute Gasteiger partial charge is 0.339 e. The first-order chi connectivity index (χ1) is 13.9. The number of carbonyl (C=O) groups excluding carboxylic acids is 1. The molecule has 5 nitrogen and oxygen atoms in total. The molecule has 0 aliphatic rings. The van der Waals surface area contributed by atoms with Crippen molar-refractivity contribution in [3.8, 4) is 34.4 Å². The molecule has 0 heterocycles. The number of nitrogens with two attached hydrogens (primary N) is 1.